The van der Waals surface area contributed by atoms with Crippen LogP contribution in [0.2, 0.25) is 5.02 Å². The van der Waals surface area contributed by atoms with E-state index < -0.39 is 0 Å². The van der Waals surface area contributed by atoms with Crippen LogP contribution >= 0.6 is 27.5 Å². The van der Waals surface area contributed by atoms with Crippen molar-refractivity contribution in [1.82, 2.24) is 0 Å². The maximum absolute atomic E-state index is 11.7. The first-order valence-corrected chi connectivity index (χ1v) is 6.87. The van der Waals surface area contributed by atoms with E-state index >= 15 is 0 Å². The van der Waals surface area contributed by atoms with Crippen molar-refractivity contribution in [2.24, 2.45) is 5.73 Å². The van der Waals surface area contributed by atoms with Gasteiger partial charge in [-0.15, -0.1) is 0 Å². The van der Waals surface area contributed by atoms with Gasteiger partial charge < -0.3 is 5.73 Å². The number of halogens is 2. The number of nitrogens with two attached hydrogens (primary N) is 1. The fourth-order valence-corrected chi connectivity index (χ4v) is 2.33. The third-order valence-corrected chi connectivity index (χ3v) is 3.36. The summed E-state index contributed by atoms with van der Waals surface area (Å²) in [5, 5.41) is 0.639. The Morgan fingerprint density at radius 1 is 1.53 bits per heavy atom. The van der Waals surface area contributed by atoms with Crippen LogP contribution in [0.25, 0.3) is 0 Å². The van der Waals surface area contributed by atoms with Gasteiger partial charge in [0.2, 0.25) is 0 Å². The maximum atomic E-state index is 11.7. The van der Waals surface area contributed by atoms with E-state index in [-0.39, 0.29) is 11.8 Å². The molecule has 2 N–H and O–H groups in total. The molecule has 0 heterocycles. The molecule has 0 aromatic heterocycles. The fraction of sp³-hybridized carbons (Fsp3) is 0.462. The topological polar surface area (TPSA) is 43.1 Å². The Hall–Kier alpha value is -0.380. The van der Waals surface area contributed by atoms with Crippen molar-refractivity contribution in [3.05, 3.63) is 33.3 Å². The van der Waals surface area contributed by atoms with E-state index in [0.717, 1.165) is 22.9 Å². The monoisotopic (exact) mass is 317 g/mol. The molecule has 94 valence electrons. The summed E-state index contributed by atoms with van der Waals surface area (Å²) in [6, 6.07) is 5.76. The fourth-order valence-electron chi connectivity index (χ4n) is 1.59. The van der Waals surface area contributed by atoms with Crippen LogP contribution in [0, 0.1) is 0 Å². The van der Waals surface area contributed by atoms with E-state index in [1.54, 1.807) is 0 Å². The molecule has 2 nitrogen and oxygen atoms in total. The van der Waals surface area contributed by atoms with Gasteiger partial charge in [0.15, 0.2) is 0 Å². The molecule has 0 amide bonds. The van der Waals surface area contributed by atoms with E-state index in [9.17, 15) is 4.79 Å². The Morgan fingerprint density at radius 2 is 2.24 bits per heavy atom. The smallest absolute Gasteiger partial charge is 0.137 e. The molecule has 1 atom stereocenters. The van der Waals surface area contributed by atoms with Crippen molar-refractivity contribution in [2.45, 2.75) is 38.6 Å². The maximum Gasteiger partial charge on any atom is 0.137 e. The number of ketones is 1. The van der Waals surface area contributed by atoms with E-state index in [0.29, 0.717) is 17.9 Å². The van der Waals surface area contributed by atoms with Crippen molar-refractivity contribution in [1.29, 1.82) is 0 Å². The lowest BCUT2D eigenvalue weighted by Gasteiger charge is -2.06. The molecule has 17 heavy (non-hydrogen) atoms. The second-order valence-electron chi connectivity index (χ2n) is 4.32. The van der Waals surface area contributed by atoms with E-state index in [1.165, 1.54) is 0 Å². The van der Waals surface area contributed by atoms with Gasteiger partial charge in [0.05, 0.1) is 0 Å². The van der Waals surface area contributed by atoms with Gasteiger partial charge in [-0.1, -0.05) is 33.6 Å². The number of hydrogen-bond donors (Lipinski definition) is 1. The Labute approximate surface area is 116 Å². The normalized spacial score (nSPS) is 12.5. The highest BCUT2D eigenvalue weighted by Crippen LogP contribution is 2.22. The van der Waals surface area contributed by atoms with Gasteiger partial charge in [-0.25, -0.2) is 0 Å². The van der Waals surface area contributed by atoms with E-state index in [2.05, 4.69) is 15.9 Å². The minimum Gasteiger partial charge on any atom is -0.328 e. The lowest BCUT2D eigenvalue weighted by molar-refractivity contribution is -0.118. The molecule has 1 aromatic carbocycles. The summed E-state index contributed by atoms with van der Waals surface area (Å²) in [6.07, 6.45) is 2.73. The van der Waals surface area contributed by atoms with Gasteiger partial charge in [-0.3, -0.25) is 4.79 Å². The quantitative estimate of drug-likeness (QED) is 0.868. The van der Waals surface area contributed by atoms with Crippen molar-refractivity contribution in [2.75, 3.05) is 0 Å². The minimum absolute atomic E-state index is 0.166. The molecule has 1 unspecified atom stereocenters. The van der Waals surface area contributed by atoms with E-state index in [4.69, 9.17) is 17.3 Å². The molecule has 1 aromatic rings. The summed E-state index contributed by atoms with van der Waals surface area (Å²) in [5.74, 6) is 0.217. The van der Waals surface area contributed by atoms with Gasteiger partial charge in [-0.05, 0) is 37.5 Å². The summed E-state index contributed by atoms with van der Waals surface area (Å²) >= 11 is 9.39. The van der Waals surface area contributed by atoms with Crippen LogP contribution in [0.4, 0.5) is 0 Å². The van der Waals surface area contributed by atoms with E-state index in [1.807, 2.05) is 25.1 Å². The second kappa shape index (κ2) is 7.14. The van der Waals surface area contributed by atoms with Gasteiger partial charge in [0.25, 0.3) is 0 Å². The van der Waals surface area contributed by atoms with Gasteiger partial charge in [0, 0.05) is 28.4 Å². The standard InChI is InChI=1S/C13H17BrClNO/c1-9(16)3-2-4-12(17)7-10-5-6-11(14)8-13(10)15/h5-6,8-9H,2-4,7,16H2,1H3. The predicted octanol–water partition coefficient (Wildman–Crippen LogP) is 3.73. The summed E-state index contributed by atoms with van der Waals surface area (Å²) in [4.78, 5) is 11.7. The highest BCUT2D eigenvalue weighted by molar-refractivity contribution is 9.10. The Balaban J connectivity index is 2.45. The first-order valence-electron chi connectivity index (χ1n) is 5.70. The third-order valence-electron chi connectivity index (χ3n) is 2.52. The van der Waals surface area contributed by atoms with Gasteiger partial charge >= 0.3 is 0 Å². The molecule has 0 fully saturated rings. The zero-order valence-corrected chi connectivity index (χ0v) is 12.2. The summed E-state index contributed by atoms with van der Waals surface area (Å²) in [7, 11) is 0. The lowest BCUT2D eigenvalue weighted by Crippen LogP contribution is -2.15. The number of rotatable bonds is 6. The molecular weight excluding hydrogens is 302 g/mol. The van der Waals surface area contributed by atoms with Crippen molar-refractivity contribution < 1.29 is 4.79 Å². The second-order valence-corrected chi connectivity index (χ2v) is 5.64. The molecule has 0 saturated carbocycles. The average molecular weight is 319 g/mol. The highest BCUT2D eigenvalue weighted by Gasteiger charge is 2.08. The highest BCUT2D eigenvalue weighted by atomic mass is 79.9. The van der Waals surface area contributed by atoms with Crippen LogP contribution in [0.3, 0.4) is 0 Å². The van der Waals surface area contributed by atoms with Gasteiger partial charge in [-0.2, -0.15) is 0 Å². The Morgan fingerprint density at radius 3 is 2.82 bits per heavy atom. The van der Waals surface area contributed by atoms with Gasteiger partial charge in [0.1, 0.15) is 5.78 Å². The first kappa shape index (κ1) is 14.7. The van der Waals surface area contributed by atoms with Crippen LogP contribution in [0.5, 0.6) is 0 Å². The predicted molar refractivity (Wildman–Crippen MR) is 75.4 cm³/mol. The molecule has 0 bridgehead atoms. The zero-order valence-electron chi connectivity index (χ0n) is 9.88. The van der Waals surface area contributed by atoms with Crippen LogP contribution < -0.4 is 5.73 Å². The summed E-state index contributed by atoms with van der Waals surface area (Å²) in [6.45, 7) is 1.95. The average Bonchev–Trinajstić information content (AvgIpc) is 2.21. The molecule has 0 aliphatic rings. The molecular formula is C13H17BrClNO. The largest absolute Gasteiger partial charge is 0.328 e. The summed E-state index contributed by atoms with van der Waals surface area (Å²) < 4.78 is 0.927. The molecule has 0 saturated heterocycles. The number of benzene rings is 1. The number of hydrogen-bond acceptors (Lipinski definition) is 2. The molecule has 0 radical (unpaired) electrons. The third kappa shape index (κ3) is 5.66. The van der Waals surface area contributed by atoms with Crippen LogP contribution in [0.1, 0.15) is 31.7 Å². The number of carbonyl (C=O) groups excluding carboxylic acids is 1. The van der Waals surface area contributed by atoms with Crippen molar-refractivity contribution >= 4 is 33.3 Å². The summed E-state index contributed by atoms with van der Waals surface area (Å²) in [5.41, 5.74) is 6.52. The van der Waals surface area contributed by atoms with Crippen LogP contribution in [-0.4, -0.2) is 11.8 Å². The molecule has 0 spiro atoms. The lowest BCUT2D eigenvalue weighted by atomic mass is 10.0. The molecule has 0 aliphatic carbocycles. The van der Waals surface area contributed by atoms with Crippen LogP contribution in [-0.2, 0) is 11.2 Å². The van der Waals surface area contributed by atoms with Crippen molar-refractivity contribution in [3.8, 4) is 0 Å². The number of carbonyl (C=O) groups is 1. The molecule has 1 rings (SSSR count). The molecule has 4 heteroatoms. The van der Waals surface area contributed by atoms with Crippen LogP contribution in [0.15, 0.2) is 22.7 Å². The zero-order chi connectivity index (χ0) is 12.8. The Kier molecular flexibility index (Phi) is 6.17. The SMILES string of the molecule is CC(N)CCCC(=O)Cc1ccc(Br)cc1Cl. The first-order chi connectivity index (χ1) is 7.99. The minimum atomic E-state index is 0.166. The Bertz CT molecular complexity index is 393. The number of Topliss-reactive ketones (excluding diaryl/α,β-unsaturated/α-hetero) is 1. The molecule has 0 aliphatic heterocycles. The van der Waals surface area contributed by atoms with Crippen molar-refractivity contribution in [3.63, 3.8) is 0 Å².